The molecule has 0 aliphatic heterocycles. The van der Waals surface area contributed by atoms with Gasteiger partial charge in [-0.1, -0.05) is 33.3 Å². The van der Waals surface area contributed by atoms with Gasteiger partial charge in [0.05, 0.1) is 14.9 Å². The Balaban J connectivity index is 2.39. The number of benzene rings is 1. The second-order valence-corrected chi connectivity index (χ2v) is 8.46. The smallest absolute Gasteiger partial charge is 0.255 e. The van der Waals surface area contributed by atoms with Gasteiger partial charge >= 0.3 is 0 Å². The van der Waals surface area contributed by atoms with Gasteiger partial charge in [-0.05, 0) is 40.5 Å². The van der Waals surface area contributed by atoms with E-state index in [1.54, 1.807) is 31.3 Å². The van der Waals surface area contributed by atoms with Crippen LogP contribution in [-0.2, 0) is 10.0 Å². The lowest BCUT2D eigenvalue weighted by atomic mass is 10.2. The Morgan fingerprint density at radius 3 is 2.67 bits per heavy atom. The first-order valence-electron chi connectivity index (χ1n) is 4.79. The Bertz CT molecular complexity index is 683. The highest BCUT2D eigenvalue weighted by atomic mass is 79.9. The lowest BCUT2D eigenvalue weighted by Gasteiger charge is -2.08. The van der Waals surface area contributed by atoms with Crippen LogP contribution < -0.4 is 4.72 Å². The maximum absolute atomic E-state index is 12.2. The summed E-state index contributed by atoms with van der Waals surface area (Å²) in [5, 5.41) is 0.334. The molecular weight excluding hydrogens is 404 g/mol. The number of sulfonamides is 1. The van der Waals surface area contributed by atoms with Crippen LogP contribution in [-0.4, -0.2) is 13.4 Å². The third-order valence-electron chi connectivity index (χ3n) is 2.14. The van der Waals surface area contributed by atoms with Crippen molar-refractivity contribution in [2.45, 2.75) is 11.8 Å². The third-order valence-corrected chi connectivity index (χ3v) is 5.63. The maximum Gasteiger partial charge on any atom is 0.263 e. The summed E-state index contributed by atoms with van der Waals surface area (Å²) in [6.07, 6.45) is 1.55. The predicted octanol–water partition coefficient (Wildman–Crippen LogP) is 3.78. The van der Waals surface area contributed by atoms with Crippen molar-refractivity contribution in [3.05, 3.63) is 38.2 Å². The molecule has 1 aromatic carbocycles. The molecule has 0 saturated carbocycles. The van der Waals surface area contributed by atoms with Crippen molar-refractivity contribution in [1.29, 1.82) is 0 Å². The molecule has 0 unspecified atom stereocenters. The third kappa shape index (κ3) is 3.11. The van der Waals surface area contributed by atoms with E-state index in [2.05, 4.69) is 41.6 Å². The predicted molar refractivity (Wildman–Crippen MR) is 79.5 cm³/mol. The zero-order chi connectivity index (χ0) is 13.3. The van der Waals surface area contributed by atoms with Crippen molar-refractivity contribution in [3.8, 4) is 0 Å². The van der Waals surface area contributed by atoms with E-state index >= 15 is 0 Å². The van der Waals surface area contributed by atoms with Crippen LogP contribution in [0.1, 0.15) is 5.56 Å². The van der Waals surface area contributed by atoms with Gasteiger partial charge in [-0.15, -0.1) is 0 Å². The minimum absolute atomic E-state index is 0.239. The number of rotatable bonds is 3. The first-order valence-corrected chi connectivity index (χ1v) is 8.67. The van der Waals surface area contributed by atoms with Gasteiger partial charge in [0.15, 0.2) is 5.13 Å². The van der Waals surface area contributed by atoms with E-state index in [9.17, 15) is 8.42 Å². The van der Waals surface area contributed by atoms with E-state index in [0.29, 0.717) is 15.2 Å². The fraction of sp³-hybridized carbons (Fsp3) is 0.100. The van der Waals surface area contributed by atoms with Crippen molar-refractivity contribution in [3.63, 3.8) is 0 Å². The number of nitrogens with zero attached hydrogens (tertiary/aromatic N) is 1. The Labute approximate surface area is 126 Å². The molecule has 0 bridgehead atoms. The summed E-state index contributed by atoms with van der Waals surface area (Å²) in [6.45, 7) is 1.75. The van der Waals surface area contributed by atoms with E-state index in [0.717, 1.165) is 3.79 Å². The Morgan fingerprint density at radius 1 is 1.33 bits per heavy atom. The Kier molecular flexibility index (Phi) is 4.10. The first kappa shape index (κ1) is 14.0. The summed E-state index contributed by atoms with van der Waals surface area (Å²) in [5.74, 6) is 0. The van der Waals surface area contributed by atoms with Gasteiger partial charge in [-0.2, -0.15) is 0 Å². The van der Waals surface area contributed by atoms with Crippen molar-refractivity contribution < 1.29 is 8.42 Å². The lowest BCUT2D eigenvalue weighted by molar-refractivity contribution is 0.600. The minimum atomic E-state index is -3.61. The molecular formula is C10H8Br2N2O2S2. The average Bonchev–Trinajstić information content (AvgIpc) is 2.66. The molecule has 0 aliphatic carbocycles. The normalized spacial score (nSPS) is 11.5. The molecule has 1 heterocycles. The maximum atomic E-state index is 12.2. The zero-order valence-electron chi connectivity index (χ0n) is 9.15. The van der Waals surface area contributed by atoms with Crippen LogP contribution in [0.5, 0.6) is 0 Å². The van der Waals surface area contributed by atoms with Gasteiger partial charge in [-0.25, -0.2) is 13.4 Å². The molecule has 0 saturated heterocycles. The van der Waals surface area contributed by atoms with Crippen LogP contribution >= 0.6 is 43.2 Å². The summed E-state index contributed by atoms with van der Waals surface area (Å²) in [6, 6.07) is 5.12. The van der Waals surface area contributed by atoms with E-state index in [-0.39, 0.29) is 4.90 Å². The number of halogens is 2. The van der Waals surface area contributed by atoms with Crippen LogP contribution in [0.3, 0.4) is 0 Å². The molecule has 2 aromatic rings. The fourth-order valence-electron chi connectivity index (χ4n) is 1.33. The van der Waals surface area contributed by atoms with Gasteiger partial charge in [0, 0.05) is 4.47 Å². The van der Waals surface area contributed by atoms with Crippen LogP contribution in [0.2, 0.25) is 0 Å². The van der Waals surface area contributed by atoms with Crippen molar-refractivity contribution in [2.24, 2.45) is 0 Å². The largest absolute Gasteiger partial charge is 0.263 e. The Hall–Kier alpha value is -0.440. The molecule has 18 heavy (non-hydrogen) atoms. The van der Waals surface area contributed by atoms with Crippen LogP contribution in [0, 0.1) is 6.92 Å². The molecule has 0 aliphatic rings. The molecule has 0 spiro atoms. The average molecular weight is 412 g/mol. The molecule has 2 rings (SSSR count). The van der Waals surface area contributed by atoms with E-state index in [4.69, 9.17) is 0 Å². The lowest BCUT2D eigenvalue weighted by Crippen LogP contribution is -2.14. The second kappa shape index (κ2) is 5.28. The van der Waals surface area contributed by atoms with Crippen LogP contribution in [0.15, 0.2) is 37.6 Å². The van der Waals surface area contributed by atoms with Gasteiger partial charge in [0.25, 0.3) is 10.0 Å². The molecule has 0 atom stereocenters. The molecule has 0 fully saturated rings. The number of nitrogens with one attached hydrogen (secondary N) is 1. The van der Waals surface area contributed by atoms with Crippen LogP contribution in [0.25, 0.3) is 0 Å². The van der Waals surface area contributed by atoms with Gasteiger partial charge in [-0.3, -0.25) is 4.72 Å². The summed E-state index contributed by atoms with van der Waals surface area (Å²) in [7, 11) is -3.61. The van der Waals surface area contributed by atoms with Crippen molar-refractivity contribution in [2.75, 3.05) is 4.72 Å². The molecule has 4 nitrogen and oxygen atoms in total. The quantitative estimate of drug-likeness (QED) is 0.835. The molecule has 0 amide bonds. The number of aromatic nitrogens is 1. The first-order chi connectivity index (χ1) is 8.38. The highest BCUT2D eigenvalue weighted by molar-refractivity contribution is 9.11. The van der Waals surface area contributed by atoms with Gasteiger partial charge < -0.3 is 0 Å². The molecule has 0 radical (unpaired) electrons. The molecule has 1 aromatic heterocycles. The highest BCUT2D eigenvalue weighted by Crippen LogP contribution is 2.27. The number of anilines is 1. The molecule has 8 heteroatoms. The van der Waals surface area contributed by atoms with E-state index in [1.165, 1.54) is 11.3 Å². The number of aryl methyl sites for hydroxylation is 1. The van der Waals surface area contributed by atoms with Gasteiger partial charge in [0.1, 0.15) is 0 Å². The van der Waals surface area contributed by atoms with Crippen molar-refractivity contribution >= 4 is 58.4 Å². The van der Waals surface area contributed by atoms with Crippen LogP contribution in [0.4, 0.5) is 5.13 Å². The Morgan fingerprint density at radius 2 is 2.06 bits per heavy atom. The number of thiazole rings is 1. The zero-order valence-corrected chi connectivity index (χ0v) is 14.0. The SMILES string of the molecule is Cc1ccc(Br)cc1S(=O)(=O)Nc1ncc(Br)s1. The minimum Gasteiger partial charge on any atom is -0.255 e. The highest BCUT2D eigenvalue weighted by Gasteiger charge is 2.18. The molecule has 1 N–H and O–H groups in total. The van der Waals surface area contributed by atoms with Gasteiger partial charge in [0.2, 0.25) is 0 Å². The second-order valence-electron chi connectivity index (χ2n) is 3.48. The summed E-state index contributed by atoms with van der Waals surface area (Å²) in [5.41, 5.74) is 0.682. The monoisotopic (exact) mass is 410 g/mol. The molecule has 96 valence electrons. The van der Waals surface area contributed by atoms with E-state index in [1.807, 2.05) is 0 Å². The fourth-order valence-corrected chi connectivity index (χ4v) is 4.47. The number of hydrogen-bond acceptors (Lipinski definition) is 4. The van der Waals surface area contributed by atoms with Crippen molar-refractivity contribution in [1.82, 2.24) is 4.98 Å². The summed E-state index contributed by atoms with van der Waals surface area (Å²) >= 11 is 7.72. The standard InChI is InChI=1S/C10H8Br2N2O2S2/c1-6-2-3-7(11)4-8(6)18(15,16)14-10-13-5-9(12)17-10/h2-5H,1H3,(H,13,14). The summed E-state index contributed by atoms with van der Waals surface area (Å²) < 4.78 is 28.3. The topological polar surface area (TPSA) is 59.1 Å². The van der Waals surface area contributed by atoms with E-state index < -0.39 is 10.0 Å². The number of hydrogen-bond donors (Lipinski definition) is 1. The summed E-state index contributed by atoms with van der Waals surface area (Å²) in [4.78, 5) is 4.19.